The summed E-state index contributed by atoms with van der Waals surface area (Å²) in [5.41, 5.74) is 6.49. The molecule has 0 aliphatic rings. The summed E-state index contributed by atoms with van der Waals surface area (Å²) >= 11 is 0. The van der Waals surface area contributed by atoms with Crippen LogP contribution >= 0.6 is 0 Å². The number of nitrogens with two attached hydrogens (primary N) is 1. The van der Waals surface area contributed by atoms with Crippen molar-refractivity contribution in [2.24, 2.45) is 16.6 Å². The van der Waals surface area contributed by atoms with Crippen LogP contribution in [0.4, 0.5) is 0 Å². The first-order valence-electron chi connectivity index (χ1n) is 4.15. The number of hydrogen-bond donors (Lipinski definition) is 1. The highest BCUT2D eigenvalue weighted by atomic mass is 14.7. The lowest BCUT2D eigenvalue weighted by Crippen LogP contribution is -2.03. The molecule has 0 aromatic carbocycles. The van der Waals surface area contributed by atoms with Gasteiger partial charge in [0.25, 0.3) is 0 Å². The Balaban J connectivity index is 3.72. The second-order valence-electron chi connectivity index (χ2n) is 2.90. The maximum absolute atomic E-state index is 5.65. The Kier molecular flexibility index (Phi) is 5.53. The van der Waals surface area contributed by atoms with Gasteiger partial charge in [0.2, 0.25) is 0 Å². The van der Waals surface area contributed by atoms with E-state index >= 15 is 0 Å². The van der Waals surface area contributed by atoms with E-state index in [1.165, 1.54) is 0 Å². The first-order valence-corrected chi connectivity index (χ1v) is 4.15. The van der Waals surface area contributed by atoms with Gasteiger partial charge in [0.15, 0.2) is 0 Å². The molecule has 2 N–H and O–H groups in total. The Bertz CT molecular complexity index is 146. The molecule has 0 radical (unpaired) electrons. The number of hydrogen-bond acceptors (Lipinski definition) is 2. The molecule has 0 saturated carbocycles. The monoisotopic (exact) mass is 154 g/mol. The summed E-state index contributed by atoms with van der Waals surface area (Å²) in [6.07, 6.45) is 5.80. The summed E-state index contributed by atoms with van der Waals surface area (Å²) in [5.74, 6) is 0.397. The molecular formula is C9H18N2. The maximum Gasteiger partial charge on any atom is 0.0454 e. The van der Waals surface area contributed by atoms with Crippen LogP contribution in [0.3, 0.4) is 0 Å². The Morgan fingerprint density at radius 1 is 1.55 bits per heavy atom. The lowest BCUT2D eigenvalue weighted by molar-refractivity contribution is 0.754. The highest BCUT2D eigenvalue weighted by Gasteiger charge is 1.93. The molecule has 0 aromatic heterocycles. The molecule has 0 aliphatic heterocycles. The van der Waals surface area contributed by atoms with Crippen molar-refractivity contribution in [3.63, 3.8) is 0 Å². The highest BCUT2D eigenvalue weighted by molar-refractivity contribution is 5.57. The van der Waals surface area contributed by atoms with Crippen LogP contribution in [0, 0.1) is 5.92 Å². The van der Waals surface area contributed by atoms with Crippen molar-refractivity contribution in [2.45, 2.75) is 33.6 Å². The molecular weight excluding hydrogens is 136 g/mol. The smallest absolute Gasteiger partial charge is 0.0454 e. The van der Waals surface area contributed by atoms with Gasteiger partial charge >= 0.3 is 0 Å². The van der Waals surface area contributed by atoms with Crippen LogP contribution in [0.5, 0.6) is 0 Å². The van der Waals surface area contributed by atoms with E-state index in [9.17, 15) is 0 Å². The van der Waals surface area contributed by atoms with E-state index in [0.29, 0.717) is 5.92 Å². The fraction of sp³-hybridized carbons (Fsp3) is 0.667. The fourth-order valence-corrected chi connectivity index (χ4v) is 0.491. The van der Waals surface area contributed by atoms with Gasteiger partial charge in [-0.3, -0.25) is 4.99 Å². The van der Waals surface area contributed by atoms with Crippen molar-refractivity contribution in [2.75, 3.05) is 0 Å². The van der Waals surface area contributed by atoms with Crippen molar-refractivity contribution >= 4 is 6.21 Å². The summed E-state index contributed by atoms with van der Waals surface area (Å²) in [4.78, 5) is 4.07. The molecule has 0 spiro atoms. The van der Waals surface area contributed by atoms with Crippen LogP contribution < -0.4 is 5.73 Å². The van der Waals surface area contributed by atoms with E-state index in [0.717, 1.165) is 18.5 Å². The van der Waals surface area contributed by atoms with Crippen LogP contribution in [-0.2, 0) is 0 Å². The number of rotatable bonds is 4. The van der Waals surface area contributed by atoms with Gasteiger partial charge in [-0.05, 0) is 12.3 Å². The SMILES string of the molecule is CCC/C=N\C=C(/N)C(C)C. The molecule has 64 valence electrons. The fourth-order valence-electron chi connectivity index (χ4n) is 0.491. The Morgan fingerprint density at radius 2 is 2.18 bits per heavy atom. The number of nitrogens with zero attached hydrogens (tertiary/aromatic N) is 1. The molecule has 0 unspecified atom stereocenters. The first kappa shape index (κ1) is 10.2. The third kappa shape index (κ3) is 5.64. The van der Waals surface area contributed by atoms with Gasteiger partial charge < -0.3 is 5.73 Å². The average Bonchev–Trinajstić information content (AvgIpc) is 1.97. The molecule has 0 saturated heterocycles. The molecule has 0 heterocycles. The summed E-state index contributed by atoms with van der Waals surface area (Å²) in [6.45, 7) is 6.24. The van der Waals surface area contributed by atoms with Crippen LogP contribution in [-0.4, -0.2) is 6.21 Å². The van der Waals surface area contributed by atoms with Crippen molar-refractivity contribution in [3.05, 3.63) is 11.9 Å². The predicted molar refractivity (Wildman–Crippen MR) is 50.5 cm³/mol. The Labute approximate surface area is 69.2 Å². The molecule has 0 amide bonds. The zero-order valence-electron chi connectivity index (χ0n) is 7.67. The second kappa shape index (κ2) is 5.96. The molecule has 0 rings (SSSR count). The van der Waals surface area contributed by atoms with Crippen LogP contribution in [0.2, 0.25) is 0 Å². The molecule has 0 fully saturated rings. The summed E-state index contributed by atoms with van der Waals surface area (Å²) in [7, 11) is 0. The minimum atomic E-state index is 0.397. The van der Waals surface area contributed by atoms with E-state index in [4.69, 9.17) is 5.73 Å². The van der Waals surface area contributed by atoms with Gasteiger partial charge in [-0.25, -0.2) is 0 Å². The number of allylic oxidation sites excluding steroid dienone is 1. The minimum Gasteiger partial charge on any atom is -0.401 e. The topological polar surface area (TPSA) is 38.4 Å². The zero-order chi connectivity index (χ0) is 8.69. The van der Waals surface area contributed by atoms with E-state index in [1.54, 1.807) is 6.20 Å². The lowest BCUT2D eigenvalue weighted by Gasteiger charge is -2.00. The highest BCUT2D eigenvalue weighted by Crippen LogP contribution is 2.01. The quantitative estimate of drug-likeness (QED) is 0.620. The Hall–Kier alpha value is -0.790. The van der Waals surface area contributed by atoms with Gasteiger partial charge in [0, 0.05) is 18.1 Å². The summed E-state index contributed by atoms with van der Waals surface area (Å²) in [5, 5.41) is 0. The standard InChI is InChI=1S/C9H18N2/c1-4-5-6-11-7-9(10)8(2)3/h6-8H,4-5,10H2,1-3H3/b9-7-,11-6-. The predicted octanol–water partition coefficient (Wildman–Crippen LogP) is 2.31. The molecule has 2 heteroatoms. The molecule has 2 nitrogen and oxygen atoms in total. The van der Waals surface area contributed by atoms with Gasteiger partial charge in [-0.2, -0.15) is 0 Å². The molecule has 11 heavy (non-hydrogen) atoms. The number of aliphatic imine (C=N–C) groups is 1. The molecule has 0 aromatic rings. The third-order valence-corrected chi connectivity index (χ3v) is 1.41. The molecule has 0 bridgehead atoms. The zero-order valence-corrected chi connectivity index (χ0v) is 7.67. The normalized spacial score (nSPS) is 13.3. The largest absolute Gasteiger partial charge is 0.401 e. The third-order valence-electron chi connectivity index (χ3n) is 1.41. The van der Waals surface area contributed by atoms with Crippen molar-refractivity contribution < 1.29 is 0 Å². The molecule has 0 aliphatic carbocycles. The van der Waals surface area contributed by atoms with Crippen molar-refractivity contribution in [1.82, 2.24) is 0 Å². The van der Waals surface area contributed by atoms with Gasteiger partial charge in [-0.1, -0.05) is 27.2 Å². The van der Waals surface area contributed by atoms with Gasteiger partial charge in [0.05, 0.1) is 0 Å². The molecule has 0 atom stereocenters. The minimum absolute atomic E-state index is 0.397. The summed E-state index contributed by atoms with van der Waals surface area (Å²) < 4.78 is 0. The van der Waals surface area contributed by atoms with Crippen LogP contribution in [0.15, 0.2) is 16.9 Å². The first-order chi connectivity index (χ1) is 5.18. The maximum atomic E-state index is 5.65. The van der Waals surface area contributed by atoms with Crippen molar-refractivity contribution in [1.29, 1.82) is 0 Å². The van der Waals surface area contributed by atoms with Crippen LogP contribution in [0.1, 0.15) is 33.6 Å². The average molecular weight is 154 g/mol. The second-order valence-corrected chi connectivity index (χ2v) is 2.90. The van der Waals surface area contributed by atoms with E-state index in [1.807, 2.05) is 6.21 Å². The van der Waals surface area contributed by atoms with E-state index < -0.39 is 0 Å². The van der Waals surface area contributed by atoms with Gasteiger partial charge in [-0.15, -0.1) is 0 Å². The Morgan fingerprint density at radius 3 is 2.64 bits per heavy atom. The number of unbranched alkanes of at least 4 members (excludes halogenated alkanes) is 1. The summed E-state index contributed by atoms with van der Waals surface area (Å²) in [6, 6.07) is 0. The van der Waals surface area contributed by atoms with E-state index in [-0.39, 0.29) is 0 Å². The van der Waals surface area contributed by atoms with E-state index in [2.05, 4.69) is 25.8 Å². The van der Waals surface area contributed by atoms with Gasteiger partial charge in [0.1, 0.15) is 0 Å². The van der Waals surface area contributed by atoms with Crippen molar-refractivity contribution in [3.8, 4) is 0 Å². The lowest BCUT2D eigenvalue weighted by atomic mass is 10.2. The van der Waals surface area contributed by atoms with Crippen LogP contribution in [0.25, 0.3) is 0 Å².